The van der Waals surface area contributed by atoms with Crippen LogP contribution in [0.4, 0.5) is 5.69 Å². The Kier molecular flexibility index (Phi) is 6.71. The number of amides is 1. The molecule has 1 amide bonds. The number of hydrogen-bond donors (Lipinski definition) is 1. The lowest BCUT2D eigenvalue weighted by molar-refractivity contribution is 0.0582. The average molecular weight is 380 g/mol. The van der Waals surface area contributed by atoms with Crippen molar-refractivity contribution < 1.29 is 4.79 Å². The molecule has 1 atom stereocenters. The molecule has 0 bridgehead atoms. The van der Waals surface area contributed by atoms with Crippen LogP contribution in [0, 0.1) is 0 Å². The topological polar surface area (TPSA) is 49.6 Å². The Bertz CT molecular complexity index is 713. The number of carbonyl (C=O) groups is 1. The molecule has 2 aromatic rings. The van der Waals surface area contributed by atoms with Crippen molar-refractivity contribution in [2.75, 3.05) is 31.9 Å². The van der Waals surface area contributed by atoms with E-state index in [2.05, 4.69) is 17.9 Å². The fraction of sp³-hybridized carbons (Fsp3) is 0.316. The van der Waals surface area contributed by atoms with Crippen LogP contribution >= 0.6 is 24.0 Å². The highest BCUT2D eigenvalue weighted by molar-refractivity contribution is 6.31. The van der Waals surface area contributed by atoms with Gasteiger partial charge in [0.1, 0.15) is 0 Å². The summed E-state index contributed by atoms with van der Waals surface area (Å²) < 4.78 is 0. The molecule has 25 heavy (non-hydrogen) atoms. The van der Waals surface area contributed by atoms with E-state index in [1.807, 2.05) is 23.1 Å². The van der Waals surface area contributed by atoms with E-state index in [-0.39, 0.29) is 24.4 Å². The first kappa shape index (κ1) is 19.6. The van der Waals surface area contributed by atoms with Crippen molar-refractivity contribution in [3.05, 3.63) is 64.7 Å². The zero-order chi connectivity index (χ0) is 17.1. The Morgan fingerprint density at radius 3 is 2.24 bits per heavy atom. The van der Waals surface area contributed by atoms with Crippen molar-refractivity contribution in [2.24, 2.45) is 0 Å². The Labute approximate surface area is 160 Å². The second-order valence-corrected chi connectivity index (χ2v) is 6.55. The number of benzene rings is 2. The number of hydrogen-bond acceptors (Lipinski definition) is 3. The lowest BCUT2D eigenvalue weighted by Gasteiger charge is -2.38. The van der Waals surface area contributed by atoms with Gasteiger partial charge in [0.25, 0.3) is 5.91 Å². The maximum Gasteiger partial charge on any atom is 0.253 e. The molecule has 0 saturated carbocycles. The minimum Gasteiger partial charge on any atom is -0.399 e. The smallest absolute Gasteiger partial charge is 0.253 e. The predicted octanol–water partition coefficient (Wildman–Crippen LogP) is 3.86. The van der Waals surface area contributed by atoms with Crippen LogP contribution in [0.1, 0.15) is 28.9 Å². The van der Waals surface area contributed by atoms with Gasteiger partial charge in [-0.05, 0) is 42.8 Å². The van der Waals surface area contributed by atoms with Crippen LogP contribution in [0.2, 0.25) is 5.02 Å². The number of nitrogen functional groups attached to an aromatic ring is 1. The first-order valence-electron chi connectivity index (χ1n) is 8.19. The van der Waals surface area contributed by atoms with Gasteiger partial charge in [-0.2, -0.15) is 0 Å². The van der Waals surface area contributed by atoms with Crippen LogP contribution in [-0.4, -0.2) is 41.9 Å². The van der Waals surface area contributed by atoms with E-state index < -0.39 is 0 Å². The van der Waals surface area contributed by atoms with Gasteiger partial charge in [0.2, 0.25) is 0 Å². The Morgan fingerprint density at radius 2 is 1.64 bits per heavy atom. The van der Waals surface area contributed by atoms with Gasteiger partial charge in [0.15, 0.2) is 0 Å². The molecule has 1 aliphatic rings. The van der Waals surface area contributed by atoms with Crippen LogP contribution in [0.15, 0.2) is 48.5 Å². The van der Waals surface area contributed by atoms with Crippen LogP contribution in [-0.2, 0) is 0 Å². The van der Waals surface area contributed by atoms with E-state index in [0.717, 1.165) is 36.8 Å². The highest BCUT2D eigenvalue weighted by atomic mass is 35.5. The maximum atomic E-state index is 12.6. The number of anilines is 1. The van der Waals surface area contributed by atoms with Gasteiger partial charge >= 0.3 is 0 Å². The normalized spacial score (nSPS) is 16.2. The van der Waals surface area contributed by atoms with Crippen LogP contribution in [0.25, 0.3) is 0 Å². The average Bonchev–Trinajstić information content (AvgIpc) is 2.62. The number of halogens is 2. The molecular formula is C19H23Cl2N3O. The molecule has 3 rings (SSSR count). The van der Waals surface area contributed by atoms with E-state index in [9.17, 15) is 4.79 Å². The number of carbonyl (C=O) groups excluding carboxylic acids is 1. The third-order valence-electron chi connectivity index (χ3n) is 4.66. The Hall–Kier alpha value is -1.75. The molecule has 134 valence electrons. The third-order valence-corrected chi connectivity index (χ3v) is 5.01. The molecule has 1 saturated heterocycles. The van der Waals surface area contributed by atoms with Crippen LogP contribution < -0.4 is 5.73 Å². The molecule has 1 heterocycles. The summed E-state index contributed by atoms with van der Waals surface area (Å²) in [5.41, 5.74) is 8.18. The number of rotatable bonds is 3. The summed E-state index contributed by atoms with van der Waals surface area (Å²) in [7, 11) is 0. The minimum atomic E-state index is 0. The SMILES string of the molecule is CC(c1ccccc1Cl)N1CCN(C(=O)c2ccc(N)cc2)CC1.Cl. The van der Waals surface area contributed by atoms with E-state index >= 15 is 0 Å². The lowest BCUT2D eigenvalue weighted by Crippen LogP contribution is -2.49. The molecule has 4 nitrogen and oxygen atoms in total. The van der Waals surface area contributed by atoms with Crippen molar-refractivity contribution in [1.29, 1.82) is 0 Å². The van der Waals surface area contributed by atoms with Crippen molar-refractivity contribution in [3.63, 3.8) is 0 Å². The quantitative estimate of drug-likeness (QED) is 0.823. The lowest BCUT2D eigenvalue weighted by atomic mass is 10.1. The zero-order valence-electron chi connectivity index (χ0n) is 14.2. The standard InChI is InChI=1S/C19H22ClN3O.ClH/c1-14(17-4-2-3-5-18(17)20)22-10-12-23(13-11-22)19(24)15-6-8-16(21)9-7-15;/h2-9,14H,10-13,21H2,1H3;1H. The van der Waals surface area contributed by atoms with Crippen LogP contribution in [0.5, 0.6) is 0 Å². The molecular weight excluding hydrogens is 357 g/mol. The predicted molar refractivity (Wildman–Crippen MR) is 105 cm³/mol. The molecule has 1 aliphatic heterocycles. The minimum absolute atomic E-state index is 0. The molecule has 0 aromatic heterocycles. The first-order chi connectivity index (χ1) is 11.6. The highest BCUT2D eigenvalue weighted by Crippen LogP contribution is 2.28. The second kappa shape index (κ2) is 8.56. The Balaban J connectivity index is 0.00000225. The van der Waals surface area contributed by atoms with Gasteiger partial charge in [0.05, 0.1) is 0 Å². The van der Waals surface area contributed by atoms with E-state index in [0.29, 0.717) is 11.3 Å². The van der Waals surface area contributed by atoms with Gasteiger partial charge < -0.3 is 10.6 Å². The monoisotopic (exact) mass is 379 g/mol. The second-order valence-electron chi connectivity index (χ2n) is 6.15. The number of nitrogens with zero attached hydrogens (tertiary/aromatic N) is 2. The van der Waals surface area contributed by atoms with Crippen molar-refractivity contribution in [1.82, 2.24) is 9.80 Å². The van der Waals surface area contributed by atoms with Gasteiger partial charge in [-0.1, -0.05) is 29.8 Å². The van der Waals surface area contributed by atoms with E-state index in [4.69, 9.17) is 17.3 Å². The zero-order valence-corrected chi connectivity index (χ0v) is 15.8. The van der Waals surface area contributed by atoms with Gasteiger partial charge in [-0.3, -0.25) is 9.69 Å². The summed E-state index contributed by atoms with van der Waals surface area (Å²) in [6.45, 7) is 5.29. The van der Waals surface area contributed by atoms with Gasteiger partial charge in [-0.15, -0.1) is 12.4 Å². The molecule has 1 unspecified atom stereocenters. The summed E-state index contributed by atoms with van der Waals surface area (Å²) in [5, 5.41) is 0.797. The summed E-state index contributed by atoms with van der Waals surface area (Å²) in [6, 6.07) is 15.3. The molecule has 2 aromatic carbocycles. The number of nitrogens with two attached hydrogens (primary N) is 1. The molecule has 1 fully saturated rings. The van der Waals surface area contributed by atoms with E-state index in [1.165, 1.54) is 0 Å². The molecule has 2 N–H and O–H groups in total. The number of piperazine rings is 1. The fourth-order valence-electron chi connectivity index (χ4n) is 3.13. The van der Waals surface area contributed by atoms with Crippen molar-refractivity contribution >= 4 is 35.6 Å². The summed E-state index contributed by atoms with van der Waals surface area (Å²) in [6.07, 6.45) is 0. The molecule has 0 aliphatic carbocycles. The Morgan fingerprint density at radius 1 is 1.04 bits per heavy atom. The summed E-state index contributed by atoms with van der Waals surface area (Å²) >= 11 is 6.31. The summed E-state index contributed by atoms with van der Waals surface area (Å²) in [5.74, 6) is 0.0695. The largest absolute Gasteiger partial charge is 0.399 e. The van der Waals surface area contributed by atoms with Gasteiger partial charge in [0, 0.05) is 48.5 Å². The van der Waals surface area contributed by atoms with Crippen LogP contribution in [0.3, 0.4) is 0 Å². The summed E-state index contributed by atoms with van der Waals surface area (Å²) in [4.78, 5) is 16.8. The van der Waals surface area contributed by atoms with Crippen molar-refractivity contribution in [3.8, 4) is 0 Å². The maximum absolute atomic E-state index is 12.6. The third kappa shape index (κ3) is 4.46. The molecule has 0 radical (unpaired) electrons. The fourth-order valence-corrected chi connectivity index (χ4v) is 3.42. The first-order valence-corrected chi connectivity index (χ1v) is 8.57. The van der Waals surface area contributed by atoms with Crippen molar-refractivity contribution in [2.45, 2.75) is 13.0 Å². The van der Waals surface area contributed by atoms with Gasteiger partial charge in [-0.25, -0.2) is 0 Å². The highest BCUT2D eigenvalue weighted by Gasteiger charge is 2.26. The van der Waals surface area contributed by atoms with E-state index in [1.54, 1.807) is 24.3 Å². The molecule has 6 heteroatoms. The molecule has 0 spiro atoms.